The van der Waals surface area contributed by atoms with Gasteiger partial charge in [-0.2, -0.15) is 0 Å². The van der Waals surface area contributed by atoms with E-state index in [1.165, 1.54) is 51.1 Å². The minimum atomic E-state index is -0.945. The van der Waals surface area contributed by atoms with Crippen molar-refractivity contribution in [3.63, 3.8) is 0 Å². The lowest BCUT2D eigenvalue weighted by Crippen LogP contribution is -2.14. The molecule has 0 aromatic heterocycles. The number of hydrogen-bond donors (Lipinski definition) is 0. The van der Waals surface area contributed by atoms with Crippen LogP contribution in [-0.4, -0.2) is 30.3 Å². The van der Waals surface area contributed by atoms with E-state index in [1.807, 2.05) is 0 Å². The van der Waals surface area contributed by atoms with Crippen molar-refractivity contribution >= 4 is 30.3 Å². The molecule has 36 heavy (non-hydrogen) atoms. The van der Waals surface area contributed by atoms with Gasteiger partial charge in [-0.15, -0.1) is 0 Å². The quantitative estimate of drug-likeness (QED) is 0.207. The largest absolute Gasteiger partial charge is 0.425 e. The first-order valence-corrected chi connectivity index (χ1v) is 10.2. The van der Waals surface area contributed by atoms with Crippen molar-refractivity contribution in [2.24, 2.45) is 0 Å². The van der Waals surface area contributed by atoms with Crippen LogP contribution in [0.15, 0.2) is 72.9 Å². The number of benzene rings is 2. The van der Waals surface area contributed by atoms with Crippen LogP contribution < -0.4 is 23.7 Å². The predicted octanol–water partition coefficient (Wildman–Crippen LogP) is 3.89. The fourth-order valence-electron chi connectivity index (χ4n) is 2.31. The molecule has 0 unspecified atom stereocenters. The predicted molar refractivity (Wildman–Crippen MR) is 126 cm³/mol. The fraction of sp³-hybridized carbons (Fsp3) is 0.115. The summed E-state index contributed by atoms with van der Waals surface area (Å²) in [5.74, 6) is -4.10. The van der Waals surface area contributed by atoms with E-state index in [4.69, 9.17) is 23.7 Å². The Kier molecular flexibility index (Phi) is 9.03. The monoisotopic (exact) mass is 494 g/mol. The van der Waals surface area contributed by atoms with Gasteiger partial charge in [0.15, 0.2) is 23.0 Å². The van der Waals surface area contributed by atoms with Crippen LogP contribution in [0, 0.1) is 0 Å². The van der Waals surface area contributed by atoms with E-state index in [0.717, 1.165) is 6.07 Å². The first-order chi connectivity index (χ1) is 16.9. The van der Waals surface area contributed by atoms with Gasteiger partial charge >= 0.3 is 23.9 Å². The smallest absolute Gasteiger partial charge is 0.343 e. The zero-order valence-corrected chi connectivity index (χ0v) is 19.7. The zero-order valence-electron chi connectivity index (χ0n) is 19.7. The number of ether oxygens (including phenoxy) is 5. The van der Waals surface area contributed by atoms with Crippen LogP contribution in [0.4, 0.5) is 0 Å². The Balaban J connectivity index is 2.40. The van der Waals surface area contributed by atoms with Crippen molar-refractivity contribution in [2.45, 2.75) is 20.8 Å². The van der Waals surface area contributed by atoms with Gasteiger partial charge in [0.25, 0.3) is 6.47 Å². The Bertz CT molecular complexity index is 1290. The van der Waals surface area contributed by atoms with Gasteiger partial charge in [-0.05, 0) is 51.1 Å². The highest BCUT2D eigenvalue weighted by atomic mass is 16.6. The summed E-state index contributed by atoms with van der Waals surface area (Å²) in [7, 11) is 0. The van der Waals surface area contributed by atoms with Crippen molar-refractivity contribution < 1.29 is 47.7 Å². The molecule has 0 saturated heterocycles. The van der Waals surface area contributed by atoms with Crippen molar-refractivity contribution in [2.75, 3.05) is 0 Å². The molecule has 2 aromatic rings. The molecule has 0 amide bonds. The van der Waals surface area contributed by atoms with Crippen molar-refractivity contribution in [1.29, 1.82) is 0 Å². The molecule has 0 aliphatic rings. The molecule has 0 aliphatic carbocycles. The maximum absolute atomic E-state index is 12.8. The molecule has 10 nitrogen and oxygen atoms in total. The van der Waals surface area contributed by atoms with Crippen LogP contribution >= 0.6 is 0 Å². The first kappa shape index (κ1) is 27.3. The van der Waals surface area contributed by atoms with Gasteiger partial charge in [0, 0.05) is 22.8 Å². The average molecular weight is 494 g/mol. The van der Waals surface area contributed by atoms with E-state index in [9.17, 15) is 24.0 Å². The Labute approximate surface area is 206 Å². The second-order valence-electron chi connectivity index (χ2n) is 7.38. The van der Waals surface area contributed by atoms with Crippen LogP contribution in [0.3, 0.4) is 0 Å². The third-order valence-corrected chi connectivity index (χ3v) is 4.13. The van der Waals surface area contributed by atoms with Crippen molar-refractivity contribution in [3.05, 3.63) is 78.4 Å². The number of esters is 4. The maximum Gasteiger partial charge on any atom is 0.343 e. The lowest BCUT2D eigenvalue weighted by molar-refractivity contribution is -0.131. The SMILES string of the molecule is C=C(C)C(=O)Oc1ccc(OC(=O)c2ccc(OC=O)c(OC(=O)C(=C)C)c2)c(OC(=O)C(=C)C)c1. The van der Waals surface area contributed by atoms with E-state index in [-0.39, 0.29) is 57.5 Å². The van der Waals surface area contributed by atoms with Crippen LogP contribution in [0.25, 0.3) is 0 Å². The molecule has 2 aromatic carbocycles. The number of rotatable bonds is 10. The summed E-state index contributed by atoms with van der Waals surface area (Å²) in [6, 6.07) is 7.31. The summed E-state index contributed by atoms with van der Waals surface area (Å²) >= 11 is 0. The van der Waals surface area contributed by atoms with E-state index >= 15 is 0 Å². The fourth-order valence-corrected chi connectivity index (χ4v) is 2.31. The number of hydrogen-bond acceptors (Lipinski definition) is 10. The Morgan fingerprint density at radius 1 is 0.639 bits per heavy atom. The first-order valence-electron chi connectivity index (χ1n) is 10.2. The molecule has 0 heterocycles. The van der Waals surface area contributed by atoms with Gasteiger partial charge in [-0.3, -0.25) is 4.79 Å². The molecule has 2 rings (SSSR count). The van der Waals surface area contributed by atoms with E-state index in [1.54, 1.807) is 0 Å². The zero-order chi connectivity index (χ0) is 27.0. The van der Waals surface area contributed by atoms with Crippen molar-refractivity contribution in [3.8, 4) is 28.7 Å². The summed E-state index contributed by atoms with van der Waals surface area (Å²) < 4.78 is 25.6. The second kappa shape index (κ2) is 11.9. The van der Waals surface area contributed by atoms with Crippen LogP contribution in [0.5, 0.6) is 28.7 Å². The van der Waals surface area contributed by atoms with Gasteiger partial charge in [-0.1, -0.05) is 19.7 Å². The van der Waals surface area contributed by atoms with Gasteiger partial charge < -0.3 is 23.7 Å². The van der Waals surface area contributed by atoms with E-state index in [0.29, 0.717) is 0 Å². The highest BCUT2D eigenvalue weighted by molar-refractivity contribution is 5.94. The van der Waals surface area contributed by atoms with Crippen LogP contribution in [0.2, 0.25) is 0 Å². The third kappa shape index (κ3) is 7.26. The van der Waals surface area contributed by atoms with Gasteiger partial charge in [0.2, 0.25) is 0 Å². The van der Waals surface area contributed by atoms with Gasteiger partial charge in [0.05, 0.1) is 5.56 Å². The van der Waals surface area contributed by atoms with E-state index < -0.39 is 23.9 Å². The molecular formula is C26H22O10. The second-order valence-corrected chi connectivity index (χ2v) is 7.38. The summed E-state index contributed by atoms with van der Waals surface area (Å²) in [5, 5.41) is 0. The molecule has 0 bridgehead atoms. The topological polar surface area (TPSA) is 132 Å². The van der Waals surface area contributed by atoms with Crippen LogP contribution in [0.1, 0.15) is 31.1 Å². The molecule has 0 aliphatic heterocycles. The Morgan fingerprint density at radius 2 is 1.14 bits per heavy atom. The minimum Gasteiger partial charge on any atom is -0.425 e. The molecule has 0 N–H and O–H groups in total. The molecule has 0 radical (unpaired) electrons. The van der Waals surface area contributed by atoms with E-state index in [2.05, 4.69) is 19.7 Å². The van der Waals surface area contributed by atoms with Crippen LogP contribution in [-0.2, 0) is 19.2 Å². The average Bonchev–Trinajstić information content (AvgIpc) is 2.81. The normalized spacial score (nSPS) is 9.86. The highest BCUT2D eigenvalue weighted by Gasteiger charge is 2.20. The summed E-state index contributed by atoms with van der Waals surface area (Å²) in [4.78, 5) is 59.4. The number of carbonyl (C=O) groups is 5. The lowest BCUT2D eigenvalue weighted by Gasteiger charge is -2.13. The van der Waals surface area contributed by atoms with Gasteiger partial charge in [0.1, 0.15) is 5.75 Å². The Hall–Kier alpha value is -4.99. The minimum absolute atomic E-state index is 0.00308. The molecule has 10 heteroatoms. The molecule has 186 valence electrons. The molecule has 0 spiro atoms. The summed E-state index contributed by atoms with van der Waals surface area (Å²) in [6.07, 6.45) is 0. The van der Waals surface area contributed by atoms with Gasteiger partial charge in [-0.25, -0.2) is 19.2 Å². The third-order valence-electron chi connectivity index (χ3n) is 4.13. The standard InChI is InChI=1S/C26H22O10/c1-14(2)23(28)33-18-8-10-20(22(12-18)36-25(30)16(5)6)34-26(31)17-7-9-19(32-13-27)21(11-17)35-24(29)15(3)4/h7-13H,1,3,5H2,2,4,6H3. The maximum atomic E-state index is 12.8. The molecule has 0 saturated carbocycles. The summed E-state index contributed by atoms with van der Waals surface area (Å²) in [6.45, 7) is 14.8. The molecular weight excluding hydrogens is 472 g/mol. The lowest BCUT2D eigenvalue weighted by atomic mass is 10.2. The highest BCUT2D eigenvalue weighted by Crippen LogP contribution is 2.34. The molecule has 0 atom stereocenters. The Morgan fingerprint density at radius 3 is 1.67 bits per heavy atom. The molecule has 0 fully saturated rings. The van der Waals surface area contributed by atoms with Crippen molar-refractivity contribution in [1.82, 2.24) is 0 Å². The summed E-state index contributed by atoms with van der Waals surface area (Å²) in [5.41, 5.74) is 0.159. The number of carbonyl (C=O) groups excluding carboxylic acids is 5.